The molecule has 0 bridgehead atoms. The standard InChI is InChI=1S/C19H26N2O5S/c1-4-5-9-26-19(23)16-12-27-17(10-13(2)3)20(16)18(22)14-7-6-8-15(11-14)21(24)25/h6-8,11,13,16-17H,4-5,9-10,12H2,1-3H3/t16-,17-/m1/s1. The molecule has 2 atom stereocenters. The van der Waals surface area contributed by atoms with Crippen molar-refractivity contribution in [2.45, 2.75) is 51.4 Å². The zero-order valence-corrected chi connectivity index (χ0v) is 16.7. The molecule has 0 radical (unpaired) electrons. The number of nitro benzene ring substituents is 1. The SMILES string of the molecule is CCCCOC(=O)[C@H]1CS[C@H](CC(C)C)N1C(=O)c1cccc([N+](=O)[O-])c1. The number of carbonyl (C=O) groups excluding carboxylic acids is 2. The molecule has 1 amide bonds. The summed E-state index contributed by atoms with van der Waals surface area (Å²) in [5.41, 5.74) is 0.0713. The largest absolute Gasteiger partial charge is 0.464 e. The van der Waals surface area contributed by atoms with Crippen molar-refractivity contribution < 1.29 is 19.2 Å². The van der Waals surface area contributed by atoms with E-state index in [1.165, 1.54) is 18.2 Å². The summed E-state index contributed by atoms with van der Waals surface area (Å²) < 4.78 is 5.34. The molecule has 0 N–H and O–H groups in total. The van der Waals surface area contributed by atoms with Crippen LogP contribution in [0.5, 0.6) is 0 Å². The first-order chi connectivity index (χ1) is 12.8. The lowest BCUT2D eigenvalue weighted by Crippen LogP contribution is -2.46. The highest BCUT2D eigenvalue weighted by atomic mass is 32.2. The van der Waals surface area contributed by atoms with Gasteiger partial charge in [0.05, 0.1) is 16.9 Å². The fraction of sp³-hybridized carbons (Fsp3) is 0.579. The molecular weight excluding hydrogens is 368 g/mol. The molecule has 1 aliphatic rings. The molecule has 0 unspecified atom stereocenters. The fourth-order valence-corrected chi connectivity index (χ4v) is 4.54. The number of rotatable bonds is 8. The van der Waals surface area contributed by atoms with Crippen molar-refractivity contribution in [2.24, 2.45) is 5.92 Å². The monoisotopic (exact) mass is 394 g/mol. The molecule has 27 heavy (non-hydrogen) atoms. The Hall–Kier alpha value is -2.09. The van der Waals surface area contributed by atoms with E-state index in [0.717, 1.165) is 19.3 Å². The number of hydrogen-bond donors (Lipinski definition) is 0. The predicted molar refractivity (Wildman–Crippen MR) is 105 cm³/mol. The quantitative estimate of drug-likeness (QED) is 0.288. The summed E-state index contributed by atoms with van der Waals surface area (Å²) in [4.78, 5) is 37.7. The minimum absolute atomic E-state index is 0.143. The number of esters is 1. The van der Waals surface area contributed by atoms with Gasteiger partial charge in [-0.25, -0.2) is 4.79 Å². The molecule has 8 heteroatoms. The van der Waals surface area contributed by atoms with Gasteiger partial charge in [0.2, 0.25) is 0 Å². The minimum atomic E-state index is -0.664. The van der Waals surface area contributed by atoms with Gasteiger partial charge in [-0.3, -0.25) is 14.9 Å². The van der Waals surface area contributed by atoms with Gasteiger partial charge < -0.3 is 9.64 Å². The summed E-state index contributed by atoms with van der Waals surface area (Å²) in [5.74, 6) is 0.0498. The Morgan fingerprint density at radius 3 is 2.78 bits per heavy atom. The summed E-state index contributed by atoms with van der Waals surface area (Å²) in [5, 5.41) is 10.9. The van der Waals surface area contributed by atoms with Crippen LogP contribution in [0.25, 0.3) is 0 Å². The number of hydrogen-bond acceptors (Lipinski definition) is 6. The zero-order chi connectivity index (χ0) is 20.0. The van der Waals surface area contributed by atoms with E-state index in [1.54, 1.807) is 22.7 Å². The van der Waals surface area contributed by atoms with Gasteiger partial charge in [0, 0.05) is 23.4 Å². The van der Waals surface area contributed by atoms with Crippen molar-refractivity contribution in [3.63, 3.8) is 0 Å². The molecule has 1 aromatic rings. The molecule has 148 valence electrons. The Morgan fingerprint density at radius 2 is 2.15 bits per heavy atom. The Morgan fingerprint density at radius 1 is 1.41 bits per heavy atom. The van der Waals surface area contributed by atoms with Gasteiger partial charge in [-0.2, -0.15) is 0 Å². The second kappa shape index (κ2) is 9.73. The number of nitrogens with zero attached hydrogens (tertiary/aromatic N) is 2. The highest BCUT2D eigenvalue weighted by Crippen LogP contribution is 2.35. The maximum Gasteiger partial charge on any atom is 0.329 e. The smallest absolute Gasteiger partial charge is 0.329 e. The third-order valence-corrected chi connectivity index (χ3v) is 5.63. The molecule has 2 rings (SSSR count). The Balaban J connectivity index is 2.26. The van der Waals surface area contributed by atoms with Gasteiger partial charge in [0.1, 0.15) is 6.04 Å². The molecule has 0 aliphatic carbocycles. The number of ether oxygens (including phenoxy) is 1. The van der Waals surface area contributed by atoms with Crippen LogP contribution in [0.2, 0.25) is 0 Å². The van der Waals surface area contributed by atoms with Crippen LogP contribution in [-0.2, 0) is 9.53 Å². The third-order valence-electron chi connectivity index (χ3n) is 4.32. The van der Waals surface area contributed by atoms with E-state index in [9.17, 15) is 19.7 Å². The normalized spacial score (nSPS) is 19.3. The van der Waals surface area contributed by atoms with Gasteiger partial charge in [-0.1, -0.05) is 33.3 Å². The van der Waals surface area contributed by atoms with Crippen molar-refractivity contribution in [1.29, 1.82) is 0 Å². The lowest BCUT2D eigenvalue weighted by atomic mass is 10.1. The lowest BCUT2D eigenvalue weighted by molar-refractivity contribution is -0.384. The van der Waals surface area contributed by atoms with E-state index in [4.69, 9.17) is 4.74 Å². The first-order valence-corrected chi connectivity index (χ1v) is 10.2. The molecule has 1 aliphatic heterocycles. The van der Waals surface area contributed by atoms with Gasteiger partial charge in [-0.15, -0.1) is 11.8 Å². The van der Waals surface area contributed by atoms with Crippen LogP contribution < -0.4 is 0 Å². The Bertz CT molecular complexity index is 694. The van der Waals surface area contributed by atoms with E-state index < -0.39 is 16.9 Å². The van der Waals surface area contributed by atoms with Gasteiger partial charge in [-0.05, 0) is 24.8 Å². The van der Waals surface area contributed by atoms with Crippen LogP contribution in [0.4, 0.5) is 5.69 Å². The Kier molecular flexibility index (Phi) is 7.65. The maximum absolute atomic E-state index is 13.1. The van der Waals surface area contributed by atoms with Crippen molar-refractivity contribution in [1.82, 2.24) is 4.90 Å². The number of non-ortho nitro benzene ring substituents is 1. The van der Waals surface area contributed by atoms with E-state index >= 15 is 0 Å². The molecule has 0 saturated carbocycles. The molecule has 1 saturated heterocycles. The predicted octanol–water partition coefficient (Wildman–Crippen LogP) is 3.87. The van der Waals surface area contributed by atoms with Crippen molar-refractivity contribution >= 4 is 29.3 Å². The van der Waals surface area contributed by atoms with E-state index in [1.807, 2.05) is 6.92 Å². The Labute approximate surface area is 163 Å². The van der Waals surface area contributed by atoms with Gasteiger partial charge in [0.15, 0.2) is 0 Å². The van der Waals surface area contributed by atoms with Gasteiger partial charge >= 0.3 is 5.97 Å². The lowest BCUT2D eigenvalue weighted by Gasteiger charge is -2.29. The minimum Gasteiger partial charge on any atom is -0.464 e. The summed E-state index contributed by atoms with van der Waals surface area (Å²) in [6.45, 7) is 6.47. The number of nitro groups is 1. The first-order valence-electron chi connectivity index (χ1n) is 9.20. The molecule has 0 aromatic heterocycles. The van der Waals surface area contributed by atoms with Crippen molar-refractivity contribution in [2.75, 3.05) is 12.4 Å². The number of thioether (sulfide) groups is 1. The van der Waals surface area contributed by atoms with E-state index in [2.05, 4.69) is 13.8 Å². The average Bonchev–Trinajstić information content (AvgIpc) is 3.04. The van der Waals surface area contributed by atoms with Crippen LogP contribution >= 0.6 is 11.8 Å². The second-order valence-electron chi connectivity index (χ2n) is 6.97. The average molecular weight is 394 g/mol. The molecule has 1 heterocycles. The molecule has 7 nitrogen and oxygen atoms in total. The zero-order valence-electron chi connectivity index (χ0n) is 15.9. The fourth-order valence-electron chi connectivity index (χ4n) is 2.92. The maximum atomic E-state index is 13.1. The van der Waals surface area contributed by atoms with Crippen molar-refractivity contribution in [3.05, 3.63) is 39.9 Å². The molecule has 1 aromatic carbocycles. The summed E-state index contributed by atoms with van der Waals surface area (Å²) >= 11 is 1.56. The number of benzene rings is 1. The van der Waals surface area contributed by atoms with E-state index in [-0.39, 0.29) is 22.5 Å². The van der Waals surface area contributed by atoms with Crippen LogP contribution in [0.1, 0.15) is 50.4 Å². The molecule has 0 spiro atoms. The number of carbonyl (C=O) groups is 2. The second-order valence-corrected chi connectivity index (χ2v) is 8.19. The summed E-state index contributed by atoms with van der Waals surface area (Å²) in [6, 6.07) is 4.97. The van der Waals surface area contributed by atoms with Crippen molar-refractivity contribution in [3.8, 4) is 0 Å². The van der Waals surface area contributed by atoms with Crippen LogP contribution in [0.3, 0.4) is 0 Å². The highest BCUT2D eigenvalue weighted by Gasteiger charge is 2.43. The highest BCUT2D eigenvalue weighted by molar-refractivity contribution is 8.00. The van der Waals surface area contributed by atoms with Crippen LogP contribution in [0, 0.1) is 16.0 Å². The third kappa shape index (κ3) is 5.45. The summed E-state index contributed by atoms with van der Waals surface area (Å²) in [7, 11) is 0. The molecule has 1 fully saturated rings. The number of unbranched alkanes of at least 4 members (excludes halogenated alkanes) is 1. The van der Waals surface area contributed by atoms with Crippen LogP contribution in [-0.4, -0.2) is 45.5 Å². The summed E-state index contributed by atoms with van der Waals surface area (Å²) in [6.07, 6.45) is 2.43. The van der Waals surface area contributed by atoms with Gasteiger partial charge in [0.25, 0.3) is 11.6 Å². The van der Waals surface area contributed by atoms with Crippen LogP contribution in [0.15, 0.2) is 24.3 Å². The first kappa shape index (κ1) is 21.2. The topological polar surface area (TPSA) is 89.8 Å². The molecular formula is C19H26N2O5S. The van der Waals surface area contributed by atoms with E-state index in [0.29, 0.717) is 18.3 Å². The number of amides is 1.